The minimum atomic E-state index is -2.45. The second-order valence-electron chi connectivity index (χ2n) is 4.10. The third kappa shape index (κ3) is 4.66. The molecule has 0 fully saturated rings. The van der Waals surface area contributed by atoms with Crippen LogP contribution in [0.4, 0.5) is 13.2 Å². The lowest BCUT2D eigenvalue weighted by Crippen LogP contribution is -2.20. The molecule has 0 aliphatic carbocycles. The molecule has 1 atom stereocenters. The highest BCUT2D eigenvalue weighted by Crippen LogP contribution is 2.21. The van der Waals surface area contributed by atoms with Crippen molar-refractivity contribution in [2.45, 2.75) is 25.8 Å². The van der Waals surface area contributed by atoms with Crippen LogP contribution in [0.3, 0.4) is 0 Å². The van der Waals surface area contributed by atoms with Crippen molar-refractivity contribution in [1.82, 2.24) is 5.32 Å². The van der Waals surface area contributed by atoms with Crippen molar-refractivity contribution in [2.24, 2.45) is 0 Å². The topological polar surface area (TPSA) is 21.3 Å². The highest BCUT2D eigenvalue weighted by atomic mass is 19.3. The third-order valence-electron chi connectivity index (χ3n) is 2.76. The molecule has 0 aliphatic rings. The molecule has 1 aromatic rings. The fourth-order valence-corrected chi connectivity index (χ4v) is 1.82. The number of aryl methyl sites for hydroxylation is 1. The van der Waals surface area contributed by atoms with Gasteiger partial charge in [-0.1, -0.05) is 6.07 Å². The largest absolute Gasteiger partial charge is 0.375 e. The molecule has 0 radical (unpaired) electrons. The summed E-state index contributed by atoms with van der Waals surface area (Å²) in [6, 6.07) is 4.47. The summed E-state index contributed by atoms with van der Waals surface area (Å²) < 4.78 is 41.8. The van der Waals surface area contributed by atoms with Gasteiger partial charge in [0, 0.05) is 12.6 Å². The molecular formula is C13H18F3NO. The van der Waals surface area contributed by atoms with E-state index in [1.54, 1.807) is 13.1 Å². The molecule has 1 rings (SSSR count). The summed E-state index contributed by atoms with van der Waals surface area (Å²) in [6.07, 6.45) is -1.93. The number of halogens is 3. The Hall–Kier alpha value is -1.07. The summed E-state index contributed by atoms with van der Waals surface area (Å²) >= 11 is 0. The number of nitrogens with one attached hydrogen (secondary N) is 1. The van der Waals surface area contributed by atoms with E-state index in [1.165, 1.54) is 12.1 Å². The van der Waals surface area contributed by atoms with Gasteiger partial charge in [0.25, 0.3) is 6.43 Å². The van der Waals surface area contributed by atoms with E-state index in [-0.39, 0.29) is 18.5 Å². The van der Waals surface area contributed by atoms with E-state index in [4.69, 9.17) is 4.74 Å². The molecule has 0 saturated carbocycles. The van der Waals surface area contributed by atoms with Crippen molar-refractivity contribution in [3.8, 4) is 0 Å². The summed E-state index contributed by atoms with van der Waals surface area (Å²) in [6.45, 7) is 1.55. The Morgan fingerprint density at radius 1 is 1.33 bits per heavy atom. The van der Waals surface area contributed by atoms with Gasteiger partial charge in [-0.2, -0.15) is 0 Å². The predicted octanol–water partition coefficient (Wildman–Crippen LogP) is 3.07. The standard InChI is InChI=1S/C13H18F3NO/c1-9-3-4-10(14)7-11(9)12(17-2)5-6-18-8-13(15)16/h3-4,7,12-13,17H,5-6,8H2,1-2H3. The lowest BCUT2D eigenvalue weighted by molar-refractivity contribution is 0.0145. The van der Waals surface area contributed by atoms with Crippen molar-refractivity contribution in [3.05, 3.63) is 35.1 Å². The van der Waals surface area contributed by atoms with Crippen LogP contribution in [0.25, 0.3) is 0 Å². The second kappa shape index (κ2) is 7.38. The quantitative estimate of drug-likeness (QED) is 0.762. The Morgan fingerprint density at radius 2 is 2.06 bits per heavy atom. The first-order chi connectivity index (χ1) is 8.54. The highest BCUT2D eigenvalue weighted by Gasteiger charge is 2.13. The van der Waals surface area contributed by atoms with E-state index < -0.39 is 13.0 Å². The van der Waals surface area contributed by atoms with E-state index >= 15 is 0 Å². The lowest BCUT2D eigenvalue weighted by atomic mass is 9.99. The highest BCUT2D eigenvalue weighted by molar-refractivity contribution is 5.29. The van der Waals surface area contributed by atoms with Gasteiger partial charge in [-0.15, -0.1) is 0 Å². The number of benzene rings is 1. The van der Waals surface area contributed by atoms with Crippen molar-refractivity contribution in [3.63, 3.8) is 0 Å². The normalized spacial score (nSPS) is 13.0. The van der Waals surface area contributed by atoms with Crippen LogP contribution in [-0.4, -0.2) is 26.7 Å². The number of ether oxygens (including phenoxy) is 1. The van der Waals surface area contributed by atoms with Gasteiger partial charge in [0.05, 0.1) is 0 Å². The Labute approximate surface area is 105 Å². The first kappa shape index (κ1) is 15.0. The first-order valence-corrected chi connectivity index (χ1v) is 5.83. The lowest BCUT2D eigenvalue weighted by Gasteiger charge is -2.19. The predicted molar refractivity (Wildman–Crippen MR) is 64.4 cm³/mol. The molecule has 1 aromatic carbocycles. The molecule has 5 heteroatoms. The van der Waals surface area contributed by atoms with Crippen LogP contribution in [0.2, 0.25) is 0 Å². The van der Waals surface area contributed by atoms with Crippen LogP contribution in [0, 0.1) is 12.7 Å². The number of alkyl halides is 2. The molecule has 1 unspecified atom stereocenters. The van der Waals surface area contributed by atoms with Gasteiger partial charge in [0.1, 0.15) is 12.4 Å². The molecule has 0 spiro atoms. The fourth-order valence-electron chi connectivity index (χ4n) is 1.82. The van der Waals surface area contributed by atoms with Gasteiger partial charge in [0.2, 0.25) is 0 Å². The van der Waals surface area contributed by atoms with Crippen LogP contribution in [-0.2, 0) is 4.74 Å². The maximum Gasteiger partial charge on any atom is 0.261 e. The average Bonchev–Trinajstić information content (AvgIpc) is 2.33. The molecule has 18 heavy (non-hydrogen) atoms. The SMILES string of the molecule is CNC(CCOCC(F)F)c1cc(F)ccc1C. The maximum absolute atomic E-state index is 13.2. The number of hydrogen-bond donors (Lipinski definition) is 1. The molecule has 0 saturated heterocycles. The zero-order chi connectivity index (χ0) is 13.5. The van der Waals surface area contributed by atoms with Crippen LogP contribution in [0.1, 0.15) is 23.6 Å². The number of hydrogen-bond acceptors (Lipinski definition) is 2. The minimum Gasteiger partial charge on any atom is -0.375 e. The van der Waals surface area contributed by atoms with Gasteiger partial charge in [0.15, 0.2) is 0 Å². The molecule has 0 bridgehead atoms. The molecule has 2 nitrogen and oxygen atoms in total. The second-order valence-corrected chi connectivity index (χ2v) is 4.10. The van der Waals surface area contributed by atoms with Gasteiger partial charge in [-0.25, -0.2) is 13.2 Å². The molecule has 0 amide bonds. The van der Waals surface area contributed by atoms with Crippen molar-refractivity contribution in [1.29, 1.82) is 0 Å². The summed E-state index contributed by atoms with van der Waals surface area (Å²) in [7, 11) is 1.75. The summed E-state index contributed by atoms with van der Waals surface area (Å²) in [5, 5.41) is 3.04. The van der Waals surface area contributed by atoms with Gasteiger partial charge in [-0.3, -0.25) is 0 Å². The van der Waals surface area contributed by atoms with E-state index in [2.05, 4.69) is 5.32 Å². The van der Waals surface area contributed by atoms with Gasteiger partial charge >= 0.3 is 0 Å². The zero-order valence-electron chi connectivity index (χ0n) is 10.6. The molecule has 0 heterocycles. The Kier molecular flexibility index (Phi) is 6.15. The molecular weight excluding hydrogens is 243 g/mol. The van der Waals surface area contributed by atoms with Crippen LogP contribution in [0.15, 0.2) is 18.2 Å². The number of rotatable bonds is 7. The van der Waals surface area contributed by atoms with E-state index in [1.807, 2.05) is 6.92 Å². The third-order valence-corrected chi connectivity index (χ3v) is 2.76. The summed E-state index contributed by atoms with van der Waals surface area (Å²) in [5.74, 6) is -0.302. The van der Waals surface area contributed by atoms with Gasteiger partial charge < -0.3 is 10.1 Å². The summed E-state index contributed by atoms with van der Waals surface area (Å²) in [4.78, 5) is 0. The Bertz CT molecular complexity index is 371. The van der Waals surface area contributed by atoms with E-state index in [9.17, 15) is 13.2 Å². The minimum absolute atomic E-state index is 0.0987. The van der Waals surface area contributed by atoms with Gasteiger partial charge in [-0.05, 0) is 43.7 Å². The van der Waals surface area contributed by atoms with Crippen molar-refractivity contribution in [2.75, 3.05) is 20.3 Å². The Morgan fingerprint density at radius 3 is 2.67 bits per heavy atom. The monoisotopic (exact) mass is 261 g/mol. The van der Waals surface area contributed by atoms with Crippen molar-refractivity contribution >= 4 is 0 Å². The molecule has 102 valence electrons. The van der Waals surface area contributed by atoms with Crippen LogP contribution < -0.4 is 5.32 Å². The average molecular weight is 261 g/mol. The smallest absolute Gasteiger partial charge is 0.261 e. The summed E-state index contributed by atoms with van der Waals surface area (Å²) in [5.41, 5.74) is 1.79. The van der Waals surface area contributed by atoms with E-state index in [0.29, 0.717) is 6.42 Å². The van der Waals surface area contributed by atoms with E-state index in [0.717, 1.165) is 11.1 Å². The molecule has 1 N–H and O–H groups in total. The van der Waals surface area contributed by atoms with Crippen LogP contribution >= 0.6 is 0 Å². The fraction of sp³-hybridized carbons (Fsp3) is 0.538. The maximum atomic E-state index is 13.2. The van der Waals surface area contributed by atoms with Crippen LogP contribution in [0.5, 0.6) is 0 Å². The Balaban J connectivity index is 2.57. The zero-order valence-corrected chi connectivity index (χ0v) is 10.6. The first-order valence-electron chi connectivity index (χ1n) is 5.83. The molecule has 0 aliphatic heterocycles. The van der Waals surface area contributed by atoms with Crippen molar-refractivity contribution < 1.29 is 17.9 Å². The molecule has 0 aromatic heterocycles.